The summed E-state index contributed by atoms with van der Waals surface area (Å²) >= 11 is 0. The third-order valence-corrected chi connectivity index (χ3v) is 4.50. The van der Waals surface area contributed by atoms with Crippen LogP contribution < -0.4 is 0 Å². The van der Waals surface area contributed by atoms with Crippen LogP contribution >= 0.6 is 0 Å². The van der Waals surface area contributed by atoms with Crippen LogP contribution in [0.1, 0.15) is 75.2 Å². The van der Waals surface area contributed by atoms with E-state index >= 15 is 0 Å². The van der Waals surface area contributed by atoms with Crippen molar-refractivity contribution < 1.29 is 28.5 Å². The van der Waals surface area contributed by atoms with Gasteiger partial charge in [-0.05, 0) is 58.6 Å². The van der Waals surface area contributed by atoms with Gasteiger partial charge in [0.2, 0.25) is 0 Å². The highest BCUT2D eigenvalue weighted by Crippen LogP contribution is 2.10. The molecule has 0 unspecified atom stereocenters. The molecule has 0 amide bonds. The van der Waals surface area contributed by atoms with E-state index in [9.17, 15) is 9.59 Å². The Labute approximate surface area is 203 Å². The lowest BCUT2D eigenvalue weighted by Crippen LogP contribution is -2.23. The molecule has 1 aromatic carbocycles. The molecule has 7 heteroatoms. The Bertz CT molecular complexity index is 824. The first-order chi connectivity index (χ1) is 16.3. The fraction of sp³-hybridized carbons (Fsp3) is 0.593. The van der Waals surface area contributed by atoms with E-state index in [-0.39, 0.29) is 11.8 Å². The number of benzene rings is 1. The van der Waals surface area contributed by atoms with Crippen molar-refractivity contribution in [1.82, 2.24) is 0 Å². The Morgan fingerprint density at radius 3 is 1.85 bits per heavy atom. The third-order valence-electron chi connectivity index (χ3n) is 4.50. The van der Waals surface area contributed by atoms with Crippen LogP contribution in [0.2, 0.25) is 0 Å². The van der Waals surface area contributed by atoms with Crippen LogP contribution in [-0.4, -0.2) is 57.0 Å². The Morgan fingerprint density at radius 1 is 0.794 bits per heavy atom. The van der Waals surface area contributed by atoms with Crippen molar-refractivity contribution in [1.29, 1.82) is 5.26 Å². The maximum Gasteiger partial charge on any atom is 0.306 e. The molecule has 34 heavy (non-hydrogen) atoms. The molecule has 0 N–H and O–H groups in total. The van der Waals surface area contributed by atoms with Crippen LogP contribution in [0.25, 0.3) is 0 Å². The van der Waals surface area contributed by atoms with Crippen molar-refractivity contribution in [2.75, 3.05) is 39.6 Å². The van der Waals surface area contributed by atoms with Gasteiger partial charge in [0, 0.05) is 43.1 Å². The molecule has 0 heterocycles. The summed E-state index contributed by atoms with van der Waals surface area (Å²) in [7, 11) is 0. The molecule has 0 radical (unpaired) electrons. The quantitative estimate of drug-likeness (QED) is 0.143. The number of esters is 1. The molecule has 0 saturated carbocycles. The normalized spacial score (nSPS) is 10.8. The van der Waals surface area contributed by atoms with E-state index in [1.165, 1.54) is 0 Å². The molecule has 0 saturated heterocycles. The van der Waals surface area contributed by atoms with Gasteiger partial charge in [-0.15, -0.1) is 0 Å². The fourth-order valence-electron chi connectivity index (χ4n) is 2.88. The largest absolute Gasteiger partial charge is 0.460 e. The summed E-state index contributed by atoms with van der Waals surface area (Å²) in [4.78, 5) is 23.8. The minimum absolute atomic E-state index is 0.0907. The average molecular weight is 472 g/mol. The van der Waals surface area contributed by atoms with E-state index in [0.717, 1.165) is 31.2 Å². The van der Waals surface area contributed by atoms with Crippen LogP contribution in [0.15, 0.2) is 24.3 Å². The number of hydrogen-bond donors (Lipinski definition) is 0. The predicted molar refractivity (Wildman–Crippen MR) is 129 cm³/mol. The van der Waals surface area contributed by atoms with Gasteiger partial charge in [-0.3, -0.25) is 9.59 Å². The third kappa shape index (κ3) is 16.0. The summed E-state index contributed by atoms with van der Waals surface area (Å²) in [5.74, 6) is 4.95. The SMILES string of the molecule is CC(C)(C)OC(=O)CCCCOCCOCCOCCCCC(=O)c1ccc(C#CC#N)cc1. The number of unbranched alkanes of at least 4 members (excludes halogenated alkanes) is 2. The number of ether oxygens (including phenoxy) is 4. The van der Waals surface area contributed by atoms with E-state index in [1.54, 1.807) is 30.3 Å². The Hall–Kier alpha value is -2.71. The highest BCUT2D eigenvalue weighted by molar-refractivity contribution is 5.96. The number of rotatable bonds is 17. The lowest BCUT2D eigenvalue weighted by Gasteiger charge is -2.19. The maximum absolute atomic E-state index is 12.2. The number of ketones is 1. The Morgan fingerprint density at radius 2 is 1.32 bits per heavy atom. The van der Waals surface area contributed by atoms with Crippen molar-refractivity contribution in [3.8, 4) is 17.9 Å². The number of Topliss-reactive ketones (excluding diaryl/α,β-unsaturated/α-hetero) is 1. The van der Waals surface area contributed by atoms with Crippen LogP contribution in [0.3, 0.4) is 0 Å². The van der Waals surface area contributed by atoms with Crippen LogP contribution in [0, 0.1) is 23.2 Å². The number of hydrogen-bond acceptors (Lipinski definition) is 7. The second-order valence-corrected chi connectivity index (χ2v) is 8.70. The van der Waals surface area contributed by atoms with E-state index in [2.05, 4.69) is 11.8 Å². The lowest BCUT2D eigenvalue weighted by atomic mass is 10.0. The van der Waals surface area contributed by atoms with Crippen molar-refractivity contribution in [3.63, 3.8) is 0 Å². The summed E-state index contributed by atoms with van der Waals surface area (Å²) in [6.45, 7) is 8.81. The lowest BCUT2D eigenvalue weighted by molar-refractivity contribution is -0.155. The first kappa shape index (κ1) is 29.3. The molecule has 0 bridgehead atoms. The predicted octanol–water partition coefficient (Wildman–Crippen LogP) is 4.48. The monoisotopic (exact) mass is 471 g/mol. The van der Waals surface area contributed by atoms with E-state index in [4.69, 9.17) is 24.2 Å². The molecule has 1 aromatic rings. The average Bonchev–Trinajstić information content (AvgIpc) is 2.79. The van der Waals surface area contributed by atoms with Crippen LogP contribution in [-0.2, 0) is 23.7 Å². The van der Waals surface area contributed by atoms with E-state index < -0.39 is 5.60 Å². The summed E-state index contributed by atoms with van der Waals surface area (Å²) in [5.41, 5.74) is 0.940. The molecule has 0 aliphatic rings. The van der Waals surface area contributed by atoms with Gasteiger partial charge in [0.15, 0.2) is 11.9 Å². The molecular formula is C27H37NO6. The molecular weight excluding hydrogens is 434 g/mol. The maximum atomic E-state index is 12.2. The number of nitriles is 1. The zero-order valence-electron chi connectivity index (χ0n) is 20.7. The van der Waals surface area contributed by atoms with E-state index in [0.29, 0.717) is 58.0 Å². The molecule has 0 atom stereocenters. The van der Waals surface area contributed by atoms with Crippen molar-refractivity contribution in [3.05, 3.63) is 35.4 Å². The summed E-state index contributed by atoms with van der Waals surface area (Å²) < 4.78 is 21.7. The smallest absolute Gasteiger partial charge is 0.306 e. The first-order valence-electron chi connectivity index (χ1n) is 11.8. The van der Waals surface area contributed by atoms with Gasteiger partial charge in [0.1, 0.15) is 5.60 Å². The Kier molecular flexibility index (Phi) is 15.3. The van der Waals surface area contributed by atoms with Gasteiger partial charge in [-0.2, -0.15) is 5.26 Å². The summed E-state index contributed by atoms with van der Waals surface area (Å²) in [6, 6.07) is 8.75. The van der Waals surface area contributed by atoms with Gasteiger partial charge < -0.3 is 18.9 Å². The molecule has 7 nitrogen and oxygen atoms in total. The topological polar surface area (TPSA) is 94.8 Å². The molecule has 186 valence electrons. The highest BCUT2D eigenvalue weighted by atomic mass is 16.6. The van der Waals surface area contributed by atoms with Gasteiger partial charge in [-0.1, -0.05) is 18.1 Å². The first-order valence-corrected chi connectivity index (χ1v) is 11.8. The number of nitrogens with zero attached hydrogens (tertiary/aromatic N) is 1. The van der Waals surface area contributed by atoms with Crippen LogP contribution in [0.4, 0.5) is 0 Å². The zero-order chi connectivity index (χ0) is 25.1. The fourth-order valence-corrected chi connectivity index (χ4v) is 2.88. The summed E-state index contributed by atoms with van der Waals surface area (Å²) in [6.07, 6.45) is 4.02. The molecule has 0 spiro atoms. The molecule has 0 aromatic heterocycles. The molecule has 1 rings (SSSR count). The minimum atomic E-state index is -0.432. The standard InChI is InChI=1S/C27H37NO6/c1-27(2,3)34-26(30)11-5-7-18-32-20-22-33-21-19-31-17-6-4-10-25(29)24-14-12-23(13-15-24)9-8-16-28/h12-15H,4-7,10-11,17-22H2,1-3H3. The molecule has 0 aliphatic carbocycles. The highest BCUT2D eigenvalue weighted by Gasteiger charge is 2.15. The van der Waals surface area contributed by atoms with Crippen molar-refractivity contribution >= 4 is 11.8 Å². The second-order valence-electron chi connectivity index (χ2n) is 8.70. The van der Waals surface area contributed by atoms with Crippen molar-refractivity contribution in [2.24, 2.45) is 0 Å². The van der Waals surface area contributed by atoms with Crippen LogP contribution in [0.5, 0.6) is 0 Å². The Balaban J connectivity index is 1.89. The number of carbonyl (C=O) groups is 2. The van der Waals surface area contributed by atoms with E-state index in [1.807, 2.05) is 20.8 Å². The number of carbonyl (C=O) groups excluding carboxylic acids is 2. The van der Waals surface area contributed by atoms with Crippen molar-refractivity contribution in [2.45, 2.75) is 64.9 Å². The second kappa shape index (κ2) is 17.7. The minimum Gasteiger partial charge on any atom is -0.460 e. The van der Waals surface area contributed by atoms with Gasteiger partial charge in [0.05, 0.1) is 26.4 Å². The van der Waals surface area contributed by atoms with Gasteiger partial charge in [0.25, 0.3) is 0 Å². The molecule has 0 fully saturated rings. The summed E-state index contributed by atoms with van der Waals surface area (Å²) in [5, 5.41) is 8.45. The molecule has 0 aliphatic heterocycles. The van der Waals surface area contributed by atoms with Gasteiger partial charge >= 0.3 is 5.97 Å². The van der Waals surface area contributed by atoms with Gasteiger partial charge in [-0.25, -0.2) is 0 Å². The zero-order valence-corrected chi connectivity index (χ0v) is 20.7.